The second kappa shape index (κ2) is 8.83. The van der Waals surface area contributed by atoms with Crippen molar-refractivity contribution in [1.82, 2.24) is 4.90 Å². The van der Waals surface area contributed by atoms with Gasteiger partial charge in [-0.3, -0.25) is 4.79 Å². The summed E-state index contributed by atoms with van der Waals surface area (Å²) in [6.45, 7) is 0.0632. The van der Waals surface area contributed by atoms with Crippen molar-refractivity contribution in [2.24, 2.45) is 0 Å². The Morgan fingerprint density at radius 1 is 1.00 bits per heavy atom. The number of amides is 1. The number of carbonyl (C=O) groups excluding carboxylic acids is 1. The summed E-state index contributed by atoms with van der Waals surface area (Å²) >= 11 is 0. The van der Waals surface area contributed by atoms with E-state index in [0.717, 1.165) is 11.1 Å². The van der Waals surface area contributed by atoms with Crippen LogP contribution in [0.2, 0.25) is 0 Å². The van der Waals surface area contributed by atoms with Gasteiger partial charge in [-0.1, -0.05) is 42.5 Å². The first kappa shape index (κ1) is 19.1. The molecule has 28 heavy (non-hydrogen) atoms. The molecule has 0 bridgehead atoms. The molecule has 3 aromatic carbocycles. The lowest BCUT2D eigenvalue weighted by molar-refractivity contribution is -0.132. The van der Waals surface area contributed by atoms with E-state index >= 15 is 0 Å². The third kappa shape index (κ3) is 4.74. The number of halogens is 1. The number of nitrogens with zero attached hydrogens (tertiary/aromatic N) is 2. The fraction of sp³-hybridized carbons (Fsp3) is 0.130. The zero-order chi connectivity index (χ0) is 19.9. The lowest BCUT2D eigenvalue weighted by atomic mass is 10.0. The number of hydrogen-bond acceptors (Lipinski definition) is 3. The summed E-state index contributed by atoms with van der Waals surface area (Å²) in [6, 6.07) is 23.1. The normalized spacial score (nSPS) is 10.2. The van der Waals surface area contributed by atoms with Crippen LogP contribution in [0, 0.1) is 17.1 Å². The molecule has 0 saturated carbocycles. The summed E-state index contributed by atoms with van der Waals surface area (Å²) in [7, 11) is 1.62. The Morgan fingerprint density at radius 2 is 1.61 bits per heavy atom. The van der Waals surface area contributed by atoms with Crippen LogP contribution in [0.4, 0.5) is 4.39 Å². The molecule has 0 spiro atoms. The van der Waals surface area contributed by atoms with Crippen LogP contribution in [-0.4, -0.2) is 24.5 Å². The number of hydrogen-bond donors (Lipinski definition) is 0. The Balaban J connectivity index is 1.56. The fourth-order valence-corrected chi connectivity index (χ4v) is 2.71. The smallest absolute Gasteiger partial charge is 0.260 e. The first-order valence-corrected chi connectivity index (χ1v) is 8.77. The number of ether oxygens (including phenoxy) is 1. The predicted octanol–water partition coefficient (Wildman–Crippen LogP) is 4.40. The summed E-state index contributed by atoms with van der Waals surface area (Å²) in [5.41, 5.74) is 3.05. The second-order valence-corrected chi connectivity index (χ2v) is 6.34. The molecule has 0 aromatic heterocycles. The van der Waals surface area contributed by atoms with Crippen LogP contribution in [-0.2, 0) is 11.3 Å². The highest BCUT2D eigenvalue weighted by Crippen LogP contribution is 2.23. The Morgan fingerprint density at radius 3 is 2.21 bits per heavy atom. The molecule has 0 atom stereocenters. The maximum atomic E-state index is 13.7. The van der Waals surface area contributed by atoms with Gasteiger partial charge in [0.2, 0.25) is 0 Å². The number of likely N-dealkylation sites (N-methyl/N-ethyl adjacent to an activating group) is 1. The van der Waals surface area contributed by atoms with Crippen molar-refractivity contribution >= 4 is 5.91 Å². The Labute approximate surface area is 163 Å². The second-order valence-electron chi connectivity index (χ2n) is 6.34. The lowest BCUT2D eigenvalue weighted by Crippen LogP contribution is -2.31. The van der Waals surface area contributed by atoms with E-state index < -0.39 is 0 Å². The average molecular weight is 374 g/mol. The Bertz CT molecular complexity index is 992. The monoisotopic (exact) mass is 374 g/mol. The van der Waals surface area contributed by atoms with E-state index in [1.165, 1.54) is 11.0 Å². The zero-order valence-electron chi connectivity index (χ0n) is 15.4. The third-order valence-electron chi connectivity index (χ3n) is 4.36. The van der Waals surface area contributed by atoms with Crippen molar-refractivity contribution in [2.75, 3.05) is 13.7 Å². The molecule has 0 aliphatic heterocycles. The van der Waals surface area contributed by atoms with Crippen molar-refractivity contribution in [3.63, 3.8) is 0 Å². The summed E-state index contributed by atoms with van der Waals surface area (Å²) in [6.07, 6.45) is 0. The van der Waals surface area contributed by atoms with Crippen molar-refractivity contribution in [2.45, 2.75) is 6.54 Å². The molecular formula is C23H19FN2O2. The topological polar surface area (TPSA) is 53.3 Å². The van der Waals surface area contributed by atoms with Crippen molar-refractivity contribution in [3.8, 4) is 22.9 Å². The van der Waals surface area contributed by atoms with Crippen LogP contribution >= 0.6 is 0 Å². The molecule has 0 fully saturated rings. The van der Waals surface area contributed by atoms with Crippen molar-refractivity contribution in [1.29, 1.82) is 5.26 Å². The molecule has 3 aromatic rings. The Kier molecular flexibility index (Phi) is 6.03. The van der Waals surface area contributed by atoms with Gasteiger partial charge in [-0.2, -0.15) is 5.26 Å². The highest BCUT2D eigenvalue weighted by Gasteiger charge is 2.12. The molecule has 4 nitrogen and oxygen atoms in total. The van der Waals surface area contributed by atoms with Crippen LogP contribution in [0.3, 0.4) is 0 Å². The highest BCUT2D eigenvalue weighted by atomic mass is 19.1. The van der Waals surface area contributed by atoms with Gasteiger partial charge in [-0.05, 0) is 41.5 Å². The van der Waals surface area contributed by atoms with E-state index in [1.807, 2.05) is 24.3 Å². The number of carbonyl (C=O) groups is 1. The standard InChI is InChI=1S/C23H19FN2O2/c1-26(15-20-4-2-3-5-22(20)24)23(27)16-28-21-12-10-19(11-13-21)18-8-6-17(14-25)7-9-18/h2-13H,15-16H2,1H3. The fourth-order valence-electron chi connectivity index (χ4n) is 2.71. The van der Waals surface area contributed by atoms with Gasteiger partial charge in [0, 0.05) is 19.2 Å². The van der Waals surface area contributed by atoms with E-state index in [9.17, 15) is 9.18 Å². The van der Waals surface area contributed by atoms with Gasteiger partial charge in [0.1, 0.15) is 11.6 Å². The van der Waals surface area contributed by atoms with E-state index in [2.05, 4.69) is 6.07 Å². The largest absolute Gasteiger partial charge is 0.484 e. The first-order valence-electron chi connectivity index (χ1n) is 8.77. The van der Waals surface area contributed by atoms with Gasteiger partial charge in [0.15, 0.2) is 6.61 Å². The molecule has 0 N–H and O–H groups in total. The van der Waals surface area contributed by atoms with Gasteiger partial charge in [-0.25, -0.2) is 4.39 Å². The minimum absolute atomic E-state index is 0.124. The van der Waals surface area contributed by atoms with Crippen molar-refractivity contribution in [3.05, 3.63) is 89.7 Å². The summed E-state index contributed by atoms with van der Waals surface area (Å²) in [4.78, 5) is 13.7. The van der Waals surface area contributed by atoms with Crippen LogP contribution in [0.1, 0.15) is 11.1 Å². The zero-order valence-corrected chi connectivity index (χ0v) is 15.4. The molecule has 0 aliphatic carbocycles. The maximum absolute atomic E-state index is 13.7. The van der Waals surface area contributed by atoms with E-state index in [1.54, 1.807) is 49.5 Å². The van der Waals surface area contributed by atoms with Crippen LogP contribution in [0.25, 0.3) is 11.1 Å². The molecular weight excluding hydrogens is 355 g/mol. The van der Waals surface area contributed by atoms with E-state index in [4.69, 9.17) is 10.00 Å². The lowest BCUT2D eigenvalue weighted by Gasteiger charge is -2.18. The summed E-state index contributed by atoms with van der Waals surface area (Å²) in [5, 5.41) is 8.86. The molecule has 140 valence electrons. The summed E-state index contributed by atoms with van der Waals surface area (Å²) < 4.78 is 19.3. The summed E-state index contributed by atoms with van der Waals surface area (Å²) in [5.74, 6) is 0.00548. The molecule has 5 heteroatoms. The molecule has 3 rings (SSSR count). The number of rotatable bonds is 6. The molecule has 0 saturated heterocycles. The SMILES string of the molecule is CN(Cc1ccccc1F)C(=O)COc1ccc(-c2ccc(C#N)cc2)cc1. The van der Waals surface area contributed by atoms with E-state index in [0.29, 0.717) is 16.9 Å². The minimum Gasteiger partial charge on any atom is -0.484 e. The third-order valence-corrected chi connectivity index (χ3v) is 4.36. The minimum atomic E-state index is -0.332. The first-order chi connectivity index (χ1) is 13.6. The van der Waals surface area contributed by atoms with Gasteiger partial charge in [0.05, 0.1) is 11.6 Å². The predicted molar refractivity (Wildman–Crippen MR) is 105 cm³/mol. The van der Waals surface area contributed by atoms with Crippen LogP contribution < -0.4 is 4.74 Å². The average Bonchev–Trinajstić information content (AvgIpc) is 2.74. The number of nitriles is 1. The Hall–Kier alpha value is -3.65. The van der Waals surface area contributed by atoms with Gasteiger partial charge < -0.3 is 9.64 Å². The molecule has 0 heterocycles. The molecule has 0 unspecified atom stereocenters. The van der Waals surface area contributed by atoms with Gasteiger partial charge >= 0.3 is 0 Å². The van der Waals surface area contributed by atoms with E-state index in [-0.39, 0.29) is 24.9 Å². The van der Waals surface area contributed by atoms with Gasteiger partial charge in [0.25, 0.3) is 5.91 Å². The molecule has 1 amide bonds. The molecule has 0 aliphatic rings. The maximum Gasteiger partial charge on any atom is 0.260 e. The van der Waals surface area contributed by atoms with Crippen LogP contribution in [0.15, 0.2) is 72.8 Å². The van der Waals surface area contributed by atoms with Gasteiger partial charge in [-0.15, -0.1) is 0 Å². The van der Waals surface area contributed by atoms with Crippen molar-refractivity contribution < 1.29 is 13.9 Å². The van der Waals surface area contributed by atoms with Crippen LogP contribution in [0.5, 0.6) is 5.75 Å². The highest BCUT2D eigenvalue weighted by molar-refractivity contribution is 5.77. The molecule has 0 radical (unpaired) electrons. The number of benzene rings is 3. The quantitative estimate of drug-likeness (QED) is 0.643.